The number of halogens is 3. The summed E-state index contributed by atoms with van der Waals surface area (Å²) in [6, 6.07) is 7.09. The first kappa shape index (κ1) is 22.6. The van der Waals surface area contributed by atoms with Crippen LogP contribution in [0.1, 0.15) is 52.8 Å². The molecule has 34 heavy (non-hydrogen) atoms. The highest BCUT2D eigenvalue weighted by Crippen LogP contribution is 2.34. The van der Waals surface area contributed by atoms with E-state index in [0.717, 1.165) is 54.9 Å². The van der Waals surface area contributed by atoms with Crippen molar-refractivity contribution in [3.63, 3.8) is 0 Å². The monoisotopic (exact) mass is 473 g/mol. The number of carbonyl (C=O) groups excluding carboxylic acids is 1. The van der Waals surface area contributed by atoms with Gasteiger partial charge in [-0.1, -0.05) is 0 Å². The molecule has 4 heterocycles. The zero-order valence-electron chi connectivity index (χ0n) is 18.8. The number of fused-ring (bicyclic) bond motifs is 1. The maximum absolute atomic E-state index is 12.9. The maximum atomic E-state index is 12.9. The molecule has 7 nitrogen and oxygen atoms in total. The van der Waals surface area contributed by atoms with Gasteiger partial charge in [-0.2, -0.15) is 0 Å². The molecule has 0 radical (unpaired) electrons. The molecule has 2 fully saturated rings. The number of likely N-dealkylation sites (N-methyl/N-ethyl adjacent to an activating group) is 1. The number of nitrogens with one attached hydrogen (secondary N) is 1. The molecule has 2 aromatic heterocycles. The fourth-order valence-corrected chi connectivity index (χ4v) is 5.00. The van der Waals surface area contributed by atoms with Crippen LogP contribution in [-0.4, -0.2) is 70.2 Å². The first-order valence-corrected chi connectivity index (χ1v) is 11.4. The second kappa shape index (κ2) is 8.90. The summed E-state index contributed by atoms with van der Waals surface area (Å²) >= 11 is 0. The molecule has 1 aromatic carbocycles. The number of piperidine rings is 1. The Morgan fingerprint density at radius 1 is 1.06 bits per heavy atom. The Balaban J connectivity index is 1.25. The maximum Gasteiger partial charge on any atom is 0.573 e. The average molecular weight is 473 g/mol. The van der Waals surface area contributed by atoms with Gasteiger partial charge in [0.15, 0.2) is 5.65 Å². The number of ether oxygens (including phenoxy) is 1. The first-order valence-electron chi connectivity index (χ1n) is 11.4. The van der Waals surface area contributed by atoms with Crippen molar-refractivity contribution in [1.29, 1.82) is 0 Å². The summed E-state index contributed by atoms with van der Waals surface area (Å²) in [5.74, 6) is 1.11. The number of aromatic nitrogens is 3. The minimum absolute atomic E-state index is 0.190. The number of pyridine rings is 1. The molecule has 0 saturated carbocycles. The summed E-state index contributed by atoms with van der Waals surface area (Å²) in [5.41, 5.74) is 3.22. The van der Waals surface area contributed by atoms with Crippen LogP contribution in [0, 0.1) is 0 Å². The third kappa shape index (κ3) is 4.72. The van der Waals surface area contributed by atoms with Gasteiger partial charge in [0.2, 0.25) is 0 Å². The van der Waals surface area contributed by atoms with E-state index in [0.29, 0.717) is 24.6 Å². The van der Waals surface area contributed by atoms with Crippen molar-refractivity contribution in [2.45, 2.75) is 37.5 Å². The second-order valence-corrected chi connectivity index (χ2v) is 9.11. The predicted octanol–water partition coefficient (Wildman–Crippen LogP) is 4.30. The van der Waals surface area contributed by atoms with Crippen LogP contribution in [0.15, 0.2) is 36.5 Å². The number of nitrogens with zero attached hydrogens (tertiary/aromatic N) is 4. The van der Waals surface area contributed by atoms with E-state index in [1.165, 1.54) is 24.3 Å². The fourth-order valence-electron chi connectivity index (χ4n) is 5.00. The Hall–Kier alpha value is -3.14. The van der Waals surface area contributed by atoms with E-state index in [1.54, 1.807) is 4.90 Å². The molecular weight excluding hydrogens is 447 g/mol. The van der Waals surface area contributed by atoms with Gasteiger partial charge in [-0.3, -0.25) is 4.79 Å². The molecule has 0 unspecified atom stereocenters. The number of imidazole rings is 1. The third-order valence-electron chi connectivity index (χ3n) is 6.77. The minimum Gasteiger partial charge on any atom is -0.406 e. The molecule has 1 atom stereocenters. The Kier molecular flexibility index (Phi) is 5.93. The van der Waals surface area contributed by atoms with Gasteiger partial charge in [-0.25, -0.2) is 9.97 Å². The van der Waals surface area contributed by atoms with Crippen molar-refractivity contribution in [2.24, 2.45) is 0 Å². The molecule has 0 spiro atoms. The molecule has 1 amide bonds. The van der Waals surface area contributed by atoms with Crippen molar-refractivity contribution < 1.29 is 22.7 Å². The number of hydrogen-bond donors (Lipinski definition) is 1. The van der Waals surface area contributed by atoms with Gasteiger partial charge in [-0.05, 0) is 74.7 Å². The first-order chi connectivity index (χ1) is 16.3. The summed E-state index contributed by atoms with van der Waals surface area (Å²) in [5, 5.41) is 0. The molecular formula is C24H26F3N5O2. The second-order valence-electron chi connectivity index (χ2n) is 9.11. The van der Waals surface area contributed by atoms with Gasteiger partial charge < -0.3 is 19.5 Å². The van der Waals surface area contributed by atoms with Crippen LogP contribution in [0.3, 0.4) is 0 Å². The number of carbonyl (C=O) groups is 1. The number of alkyl halides is 3. The Bertz CT molecular complexity index is 1170. The number of rotatable bonds is 4. The van der Waals surface area contributed by atoms with Crippen LogP contribution in [0.5, 0.6) is 5.75 Å². The summed E-state index contributed by atoms with van der Waals surface area (Å²) in [6.07, 6.45) is -0.296. The topological polar surface area (TPSA) is 74.3 Å². The highest BCUT2D eigenvalue weighted by Gasteiger charge is 2.32. The lowest BCUT2D eigenvalue weighted by molar-refractivity contribution is -0.274. The van der Waals surface area contributed by atoms with E-state index in [2.05, 4.69) is 26.7 Å². The molecule has 5 rings (SSSR count). The normalized spacial score (nSPS) is 20.2. The van der Waals surface area contributed by atoms with Gasteiger partial charge in [-0.15, -0.1) is 13.2 Å². The van der Waals surface area contributed by atoms with Crippen LogP contribution in [-0.2, 0) is 0 Å². The number of aromatic amines is 1. The van der Waals surface area contributed by atoms with E-state index < -0.39 is 6.36 Å². The Morgan fingerprint density at radius 3 is 2.41 bits per heavy atom. The number of hydrogen-bond acceptors (Lipinski definition) is 5. The SMILES string of the molecule is CN1CC[C@@H](c2nc3c(C4CCN(C(=O)c5ccc(OC(F)(F)F)cc5)CC4)ccnc3[nH]2)C1. The Labute approximate surface area is 194 Å². The molecule has 1 N–H and O–H groups in total. The molecule has 0 bridgehead atoms. The van der Waals surface area contributed by atoms with Gasteiger partial charge in [0.1, 0.15) is 17.1 Å². The van der Waals surface area contributed by atoms with Crippen LogP contribution < -0.4 is 4.74 Å². The van der Waals surface area contributed by atoms with Crippen molar-refractivity contribution in [2.75, 3.05) is 33.2 Å². The third-order valence-corrected chi connectivity index (χ3v) is 6.77. The number of amides is 1. The standard InChI is InChI=1S/C24H26F3N5O2/c1-31-11-7-17(14-31)21-29-20-19(6-10-28-22(20)30-21)15-8-12-32(13-9-15)23(33)16-2-4-18(5-3-16)34-24(25,26)27/h2-6,10,15,17H,7-9,11-14H2,1H3,(H,28,29,30)/t17-/m1/s1. The van der Waals surface area contributed by atoms with Crippen LogP contribution in [0.25, 0.3) is 11.2 Å². The summed E-state index contributed by atoms with van der Waals surface area (Å²) in [7, 11) is 2.12. The molecule has 2 aliphatic rings. The lowest BCUT2D eigenvalue weighted by Crippen LogP contribution is -2.38. The zero-order chi connectivity index (χ0) is 23.9. The van der Waals surface area contributed by atoms with Crippen LogP contribution in [0.4, 0.5) is 13.2 Å². The molecule has 2 saturated heterocycles. The van der Waals surface area contributed by atoms with Gasteiger partial charge in [0.25, 0.3) is 5.91 Å². The molecule has 2 aliphatic heterocycles. The van der Waals surface area contributed by atoms with Crippen molar-refractivity contribution in [3.8, 4) is 5.75 Å². The number of likely N-dealkylation sites (tertiary alicyclic amines) is 2. The van der Waals surface area contributed by atoms with E-state index in [1.807, 2.05) is 12.3 Å². The summed E-state index contributed by atoms with van der Waals surface area (Å²) in [6.45, 7) is 3.18. The largest absolute Gasteiger partial charge is 0.573 e. The molecule has 3 aromatic rings. The smallest absolute Gasteiger partial charge is 0.406 e. The van der Waals surface area contributed by atoms with Crippen LogP contribution in [0.2, 0.25) is 0 Å². The number of H-pyrrole nitrogens is 1. The van der Waals surface area contributed by atoms with Crippen molar-refractivity contribution in [1.82, 2.24) is 24.8 Å². The van der Waals surface area contributed by atoms with Crippen molar-refractivity contribution >= 4 is 17.1 Å². The van der Waals surface area contributed by atoms with E-state index in [9.17, 15) is 18.0 Å². The lowest BCUT2D eigenvalue weighted by Gasteiger charge is -2.32. The predicted molar refractivity (Wildman–Crippen MR) is 120 cm³/mol. The average Bonchev–Trinajstić information content (AvgIpc) is 3.44. The number of benzene rings is 1. The van der Waals surface area contributed by atoms with Crippen molar-refractivity contribution in [3.05, 3.63) is 53.5 Å². The quantitative estimate of drug-likeness (QED) is 0.612. The highest BCUT2D eigenvalue weighted by molar-refractivity contribution is 5.94. The van der Waals surface area contributed by atoms with Gasteiger partial charge >= 0.3 is 6.36 Å². The van der Waals surface area contributed by atoms with Gasteiger partial charge in [0, 0.05) is 37.3 Å². The van der Waals surface area contributed by atoms with E-state index >= 15 is 0 Å². The van der Waals surface area contributed by atoms with Crippen LogP contribution >= 0.6 is 0 Å². The van der Waals surface area contributed by atoms with E-state index in [4.69, 9.17) is 4.98 Å². The van der Waals surface area contributed by atoms with Gasteiger partial charge in [0.05, 0.1) is 0 Å². The molecule has 10 heteroatoms. The summed E-state index contributed by atoms with van der Waals surface area (Å²) in [4.78, 5) is 29.7. The summed E-state index contributed by atoms with van der Waals surface area (Å²) < 4.78 is 40.9. The molecule has 0 aliphatic carbocycles. The zero-order valence-corrected chi connectivity index (χ0v) is 18.8. The fraction of sp³-hybridized carbons (Fsp3) is 0.458. The molecule has 180 valence electrons. The van der Waals surface area contributed by atoms with E-state index in [-0.39, 0.29) is 17.6 Å². The minimum atomic E-state index is -4.76. The lowest BCUT2D eigenvalue weighted by atomic mass is 9.89. The highest BCUT2D eigenvalue weighted by atomic mass is 19.4. The Morgan fingerprint density at radius 2 is 1.76 bits per heavy atom.